The second-order valence-electron chi connectivity index (χ2n) is 5.56. The van der Waals surface area contributed by atoms with Crippen molar-refractivity contribution in [2.75, 3.05) is 6.54 Å². The van der Waals surface area contributed by atoms with Crippen LogP contribution in [0, 0.1) is 5.92 Å². The first-order valence-electron chi connectivity index (χ1n) is 6.52. The van der Waals surface area contributed by atoms with Gasteiger partial charge in [0.25, 0.3) is 0 Å². The predicted octanol–water partition coefficient (Wildman–Crippen LogP) is 3.81. The molecule has 2 amide bonds. The van der Waals surface area contributed by atoms with Gasteiger partial charge in [-0.3, -0.25) is 9.59 Å². The molecule has 2 N–H and O–H groups in total. The van der Waals surface area contributed by atoms with Crippen LogP contribution < -0.4 is 5.73 Å². The summed E-state index contributed by atoms with van der Waals surface area (Å²) in [5.74, 6) is -2.22. The van der Waals surface area contributed by atoms with E-state index in [0.717, 1.165) is 17.0 Å². The highest BCUT2D eigenvalue weighted by atomic mass is 32.5. The van der Waals surface area contributed by atoms with Crippen molar-refractivity contribution in [3.63, 3.8) is 0 Å². The Balaban J connectivity index is 3.04. The van der Waals surface area contributed by atoms with Crippen LogP contribution >= 0.6 is 10.2 Å². The number of hydrogen-bond acceptors (Lipinski definition) is 2. The Morgan fingerprint density at radius 1 is 1.09 bits per heavy atom. The minimum atomic E-state index is -9.72. The van der Waals surface area contributed by atoms with Gasteiger partial charge >= 0.3 is 22.0 Å². The fourth-order valence-corrected chi connectivity index (χ4v) is 2.54. The van der Waals surface area contributed by atoms with E-state index in [2.05, 4.69) is 0 Å². The van der Waals surface area contributed by atoms with Gasteiger partial charge in [-0.15, -0.1) is 0 Å². The van der Waals surface area contributed by atoms with Crippen LogP contribution in [-0.2, 0) is 16.1 Å². The molecule has 0 aromatic heterocycles. The molecule has 0 saturated carbocycles. The molecule has 0 saturated heterocycles. The summed E-state index contributed by atoms with van der Waals surface area (Å²) < 4.78 is 63.1. The van der Waals surface area contributed by atoms with E-state index in [1.165, 1.54) is 0 Å². The molecule has 0 aliphatic heterocycles. The molecule has 0 heterocycles. The summed E-state index contributed by atoms with van der Waals surface area (Å²) in [7, 11) is -9.72. The second kappa shape index (κ2) is 5.36. The Morgan fingerprint density at radius 2 is 1.57 bits per heavy atom. The summed E-state index contributed by atoms with van der Waals surface area (Å²) in [6.45, 7) is 3.46. The number of nitrogens with zero attached hydrogens (tertiary/aromatic N) is 1. The van der Waals surface area contributed by atoms with Crippen molar-refractivity contribution in [1.82, 2.24) is 4.90 Å². The normalized spacial score (nSPS) is 15.0. The van der Waals surface area contributed by atoms with E-state index >= 15 is 0 Å². The highest BCUT2D eigenvalue weighted by Crippen LogP contribution is 3.02. The van der Waals surface area contributed by atoms with Crippen LogP contribution in [0.15, 0.2) is 29.2 Å². The summed E-state index contributed by atoms with van der Waals surface area (Å²) in [5.41, 5.74) is 5.08. The number of hydrogen-bond donors (Lipinski definition) is 1. The molecule has 10 heteroatoms. The Morgan fingerprint density at radius 3 is 1.91 bits per heavy atom. The number of carbonyl (C=O) groups is 2. The van der Waals surface area contributed by atoms with Gasteiger partial charge in [0.2, 0.25) is 0 Å². The Hall–Kier alpha value is -1.84. The van der Waals surface area contributed by atoms with Crippen LogP contribution in [0.4, 0.5) is 19.4 Å². The van der Waals surface area contributed by atoms with Gasteiger partial charge < -0.3 is 10.6 Å². The van der Waals surface area contributed by atoms with Gasteiger partial charge in [0.1, 0.15) is 4.90 Å². The van der Waals surface area contributed by atoms with E-state index in [4.69, 9.17) is 5.73 Å². The van der Waals surface area contributed by atoms with Gasteiger partial charge in [0.05, 0.1) is 0 Å². The van der Waals surface area contributed by atoms with Crippen LogP contribution in [-0.4, -0.2) is 23.3 Å². The molecule has 1 rings (SSSR count). The second-order valence-corrected chi connectivity index (χ2v) is 7.97. The van der Waals surface area contributed by atoms with Crippen LogP contribution in [0.1, 0.15) is 19.4 Å². The SMILES string of the molecule is CC(C)CN(Cc1ccc(S(F)(F)(F)(F)F)cc1)C(=O)C(N)=O. The first-order chi connectivity index (χ1) is 10.1. The summed E-state index contributed by atoms with van der Waals surface area (Å²) in [5, 5.41) is 0. The maximum Gasteiger partial charge on any atom is 0.311 e. The molecule has 0 atom stereocenters. The third-order valence-electron chi connectivity index (χ3n) is 2.83. The Kier molecular flexibility index (Phi) is 4.48. The van der Waals surface area contributed by atoms with Gasteiger partial charge in [0.15, 0.2) is 0 Å². The van der Waals surface area contributed by atoms with Crippen molar-refractivity contribution < 1.29 is 29.0 Å². The zero-order valence-electron chi connectivity index (χ0n) is 12.4. The number of amides is 2. The number of primary amides is 1. The van der Waals surface area contributed by atoms with E-state index in [-0.39, 0.29) is 36.7 Å². The lowest BCUT2D eigenvalue weighted by molar-refractivity contribution is -0.144. The lowest BCUT2D eigenvalue weighted by Crippen LogP contribution is -2.41. The fourth-order valence-electron chi connectivity index (χ4n) is 1.89. The first kappa shape index (κ1) is 19.2. The number of nitrogens with two attached hydrogens (primary N) is 1. The quantitative estimate of drug-likeness (QED) is 0.641. The maximum atomic E-state index is 12.6. The molecule has 0 radical (unpaired) electrons. The molecule has 0 unspecified atom stereocenters. The molecule has 1 aromatic carbocycles. The lowest BCUT2D eigenvalue weighted by atomic mass is 10.1. The van der Waals surface area contributed by atoms with Gasteiger partial charge in [-0.1, -0.05) is 45.4 Å². The van der Waals surface area contributed by atoms with Gasteiger partial charge in [-0.25, -0.2) is 0 Å². The van der Waals surface area contributed by atoms with Crippen LogP contribution in [0.25, 0.3) is 0 Å². The molecular formula is C13H17F5N2O2S. The van der Waals surface area contributed by atoms with E-state index in [9.17, 15) is 29.0 Å². The minimum Gasteiger partial charge on any atom is -0.361 e. The summed E-state index contributed by atoms with van der Waals surface area (Å²) >= 11 is 0. The molecule has 1 aromatic rings. The molecule has 0 fully saturated rings. The number of rotatable bonds is 5. The molecule has 4 nitrogen and oxygen atoms in total. The highest BCUT2D eigenvalue weighted by Gasteiger charge is 2.65. The summed E-state index contributed by atoms with van der Waals surface area (Å²) in [6.07, 6.45) is 0. The molecular weight excluding hydrogens is 343 g/mol. The summed E-state index contributed by atoms with van der Waals surface area (Å²) in [6, 6.07) is 2.21. The number of carbonyl (C=O) groups excluding carboxylic acids is 2. The number of halogens is 5. The lowest BCUT2D eigenvalue weighted by Gasteiger charge is -2.40. The van der Waals surface area contributed by atoms with E-state index < -0.39 is 26.9 Å². The van der Waals surface area contributed by atoms with Crippen molar-refractivity contribution in [3.8, 4) is 0 Å². The zero-order chi connectivity index (χ0) is 18.1. The zero-order valence-corrected chi connectivity index (χ0v) is 13.3. The standard InChI is InChI=1S/C13H17F5N2O2S/c1-9(2)7-20(13(22)12(19)21)8-10-3-5-11(6-4-10)23(14,15,16,17)18/h3-6,9H,7-8H2,1-2H3,(H2,19,21). The fraction of sp³-hybridized carbons (Fsp3) is 0.385. The number of benzene rings is 1. The molecule has 132 valence electrons. The van der Waals surface area contributed by atoms with Gasteiger partial charge in [-0.05, 0) is 23.6 Å². The molecule has 23 heavy (non-hydrogen) atoms. The van der Waals surface area contributed by atoms with Crippen LogP contribution in [0.3, 0.4) is 0 Å². The van der Waals surface area contributed by atoms with Gasteiger partial charge in [-0.2, -0.15) is 0 Å². The Labute approximate surface area is 130 Å². The molecule has 0 aliphatic rings. The Bertz CT molecular complexity index is 613. The maximum absolute atomic E-state index is 12.6. The summed E-state index contributed by atoms with van der Waals surface area (Å²) in [4.78, 5) is 21.7. The highest BCUT2D eigenvalue weighted by molar-refractivity contribution is 8.45. The largest absolute Gasteiger partial charge is 0.361 e. The van der Waals surface area contributed by atoms with E-state index in [1.807, 2.05) is 0 Å². The monoisotopic (exact) mass is 360 g/mol. The average molecular weight is 360 g/mol. The topological polar surface area (TPSA) is 63.4 Å². The third kappa shape index (κ3) is 5.70. The van der Waals surface area contributed by atoms with Crippen molar-refractivity contribution in [1.29, 1.82) is 0 Å². The first-order valence-corrected chi connectivity index (χ1v) is 8.47. The predicted molar refractivity (Wildman–Crippen MR) is 77.3 cm³/mol. The smallest absolute Gasteiger partial charge is 0.311 e. The molecule has 0 aliphatic carbocycles. The van der Waals surface area contributed by atoms with Crippen molar-refractivity contribution in [3.05, 3.63) is 29.8 Å². The van der Waals surface area contributed by atoms with Crippen molar-refractivity contribution >= 4 is 22.0 Å². The van der Waals surface area contributed by atoms with Crippen LogP contribution in [0.2, 0.25) is 0 Å². The van der Waals surface area contributed by atoms with Crippen molar-refractivity contribution in [2.45, 2.75) is 25.3 Å². The van der Waals surface area contributed by atoms with Crippen molar-refractivity contribution in [2.24, 2.45) is 11.7 Å². The third-order valence-corrected chi connectivity index (χ3v) is 3.99. The van der Waals surface area contributed by atoms with Crippen LogP contribution in [0.5, 0.6) is 0 Å². The average Bonchev–Trinajstić information content (AvgIpc) is 2.34. The van der Waals surface area contributed by atoms with E-state index in [1.54, 1.807) is 13.8 Å². The minimum absolute atomic E-state index is 0.0257. The van der Waals surface area contributed by atoms with Gasteiger partial charge in [0, 0.05) is 13.1 Å². The molecule has 0 spiro atoms. The van der Waals surface area contributed by atoms with E-state index in [0.29, 0.717) is 0 Å². The molecule has 0 bridgehead atoms.